The first-order valence-electron chi connectivity index (χ1n) is 39.2. The van der Waals surface area contributed by atoms with Gasteiger partial charge in [-0.3, -0.25) is 81.5 Å². The number of aliphatic carboxylic acids is 1. The minimum absolute atomic E-state index is 0.0123. The van der Waals surface area contributed by atoms with Gasteiger partial charge in [0.2, 0.25) is 94.5 Å². The zero-order chi connectivity index (χ0) is 86.8. The van der Waals surface area contributed by atoms with Gasteiger partial charge in [-0.1, -0.05) is 134 Å². The SMILES string of the molecule is CC[C@H](C)[C@H](NC(=O)[C@H](CC(=O)O)NC(=O)[C@H](CC(C)C)NC(=O)[C@H](CC(C)C)NC(=O)CN)C(=O)N[C@H](C(=O)N[C@@H](CCCCN)C(=O)N[C@@H](CCCCN)C(=O)N[C@H](C(=O)N[C@H](C(=O)NCC(=O)N[C@@H](C)C(=O)N[C@@H](Cc1ccccc1)C(=O)NCC(=O)N[C@@H](CO)C(=O)N[C@@H](CC(C)C)C(N)=O)C(C)C)C(C)C)C(C)C. The van der Waals surface area contributed by atoms with Gasteiger partial charge in [0.05, 0.1) is 32.7 Å². The normalized spacial score (nSPS) is 15.0. The number of carboxylic acid groups (broad SMARTS) is 1. The molecule has 38 nitrogen and oxygen atoms in total. The van der Waals surface area contributed by atoms with Gasteiger partial charge in [0, 0.05) is 6.42 Å². The highest BCUT2D eigenvalue weighted by molar-refractivity contribution is 6.01. The van der Waals surface area contributed by atoms with Crippen LogP contribution in [0.2, 0.25) is 0 Å². The zero-order valence-electron chi connectivity index (χ0n) is 68.8. The summed E-state index contributed by atoms with van der Waals surface area (Å²) in [5, 5.41) is 58.0. The quantitative estimate of drug-likeness (QED) is 0.0277. The maximum absolute atomic E-state index is 14.6. The number of primary amides is 1. The zero-order valence-corrected chi connectivity index (χ0v) is 68.8. The van der Waals surface area contributed by atoms with Crippen molar-refractivity contribution in [2.75, 3.05) is 39.3 Å². The predicted octanol–water partition coefficient (Wildman–Crippen LogP) is -3.89. The van der Waals surface area contributed by atoms with Crippen molar-refractivity contribution in [2.24, 2.45) is 64.4 Å². The molecular weight excluding hydrogens is 1480 g/mol. The Bertz CT molecular complexity index is 3340. The van der Waals surface area contributed by atoms with Crippen LogP contribution < -0.4 is 103 Å². The summed E-state index contributed by atoms with van der Waals surface area (Å²) in [6.45, 7) is 22.7. The summed E-state index contributed by atoms with van der Waals surface area (Å²) in [5.41, 5.74) is 23.2. The largest absolute Gasteiger partial charge is 0.481 e. The third-order valence-electron chi connectivity index (χ3n) is 18.3. The number of nitrogens with one attached hydrogen (secondary N) is 15. The van der Waals surface area contributed by atoms with E-state index in [4.69, 9.17) is 22.9 Å². The Balaban J connectivity index is 3.40. The van der Waals surface area contributed by atoms with Crippen molar-refractivity contribution >= 4 is 100 Å². The van der Waals surface area contributed by atoms with Gasteiger partial charge in [0.15, 0.2) is 0 Å². The summed E-state index contributed by atoms with van der Waals surface area (Å²) >= 11 is 0. The number of benzene rings is 1. The van der Waals surface area contributed by atoms with E-state index in [1.165, 1.54) is 6.92 Å². The minimum atomic E-state index is -1.80. The molecule has 38 heteroatoms. The van der Waals surface area contributed by atoms with Crippen LogP contribution in [0.15, 0.2) is 30.3 Å². The van der Waals surface area contributed by atoms with Crippen LogP contribution in [0.4, 0.5) is 0 Å². The van der Waals surface area contributed by atoms with Gasteiger partial charge in [-0.25, -0.2) is 0 Å². The fourth-order valence-corrected chi connectivity index (χ4v) is 11.7. The van der Waals surface area contributed by atoms with Crippen LogP contribution >= 0.6 is 0 Å². The number of rotatable bonds is 55. The topological polar surface area (TPSA) is 615 Å². The fourth-order valence-electron chi connectivity index (χ4n) is 11.7. The van der Waals surface area contributed by atoms with Gasteiger partial charge in [-0.15, -0.1) is 0 Å². The first-order valence-corrected chi connectivity index (χ1v) is 39.2. The highest BCUT2D eigenvalue weighted by Crippen LogP contribution is 2.17. The fraction of sp³-hybridized carbons (Fsp3) is 0.697. The first kappa shape index (κ1) is 102. The number of hydrogen-bond donors (Lipinski definition) is 21. The minimum Gasteiger partial charge on any atom is -0.481 e. The van der Waals surface area contributed by atoms with Crippen molar-refractivity contribution in [1.82, 2.24) is 79.8 Å². The summed E-state index contributed by atoms with van der Waals surface area (Å²) in [7, 11) is 0. The standard InChI is InChI=1S/C76H131N19O19/c1-16-45(14)63(95-71(109)54(34-59(100)101)91-70(108)52(32-41(6)7)90-69(107)51(31-40(4)5)84-56(97)35-79)76(114)94-61(43(10)11)74(112)87-48(26-20-22-28-77)67(105)86-49(27-21-23-29-78)68(106)92-62(44(12)13)75(113)93-60(42(8)9)73(111)82-36-57(98)83-46(15)65(103)89-53(33-47-24-18-17-19-25-47)66(104)81-37-58(99)85-55(38-96)72(110)88-50(64(80)102)30-39(2)3/h17-19,24-25,39-46,48-55,60-63,96H,16,20-23,26-38,77-79H2,1-15H3,(H2,80,102)(H,81,104)(H,82,111)(H,83,98)(H,84,97)(H,85,99)(H,86,105)(H,87,112)(H,88,110)(H,89,103)(H,90,107)(H,91,108)(H,92,106)(H,93,113)(H,94,114)(H,95,109)(H,100,101)/t45-,46-,48-,49-,50-,51-,52-,53-,54-,55-,60-,61-,62-,63-/m0/s1. The Morgan fingerprint density at radius 3 is 1.18 bits per heavy atom. The van der Waals surface area contributed by atoms with Crippen molar-refractivity contribution in [3.8, 4) is 0 Å². The monoisotopic (exact) mass is 1610 g/mol. The number of carboxylic acids is 1. The molecule has 0 bridgehead atoms. The van der Waals surface area contributed by atoms with E-state index in [-0.39, 0.29) is 75.8 Å². The molecule has 0 saturated heterocycles. The van der Waals surface area contributed by atoms with Crippen LogP contribution in [0.5, 0.6) is 0 Å². The van der Waals surface area contributed by atoms with E-state index in [0.717, 1.165) is 0 Å². The van der Waals surface area contributed by atoms with E-state index in [0.29, 0.717) is 31.2 Å². The lowest BCUT2D eigenvalue weighted by Gasteiger charge is -2.31. The maximum atomic E-state index is 14.6. The van der Waals surface area contributed by atoms with Gasteiger partial charge >= 0.3 is 5.97 Å². The van der Waals surface area contributed by atoms with Crippen molar-refractivity contribution in [3.05, 3.63) is 35.9 Å². The third-order valence-corrected chi connectivity index (χ3v) is 18.3. The average Bonchev–Trinajstić information content (AvgIpc) is 0.848. The summed E-state index contributed by atoms with van der Waals surface area (Å²) in [5.74, 6) is -18.2. The summed E-state index contributed by atoms with van der Waals surface area (Å²) < 4.78 is 0. The molecule has 0 unspecified atom stereocenters. The highest BCUT2D eigenvalue weighted by Gasteiger charge is 2.39. The second-order valence-corrected chi connectivity index (χ2v) is 30.9. The molecule has 1 rings (SSSR count). The van der Waals surface area contributed by atoms with Gasteiger partial charge in [0.25, 0.3) is 0 Å². The lowest BCUT2D eigenvalue weighted by atomic mass is 9.95. The number of aliphatic hydroxyl groups is 1. The van der Waals surface area contributed by atoms with Crippen LogP contribution in [0.3, 0.4) is 0 Å². The first-order chi connectivity index (χ1) is 53.4. The van der Waals surface area contributed by atoms with Crippen LogP contribution in [0.1, 0.15) is 180 Å². The number of amides is 16. The molecule has 644 valence electrons. The Morgan fingerprint density at radius 2 is 0.728 bits per heavy atom. The Hall–Kier alpha value is -9.95. The van der Waals surface area contributed by atoms with Crippen molar-refractivity contribution < 1.29 is 91.7 Å². The molecule has 1 aromatic carbocycles. The molecule has 0 radical (unpaired) electrons. The molecule has 0 fully saturated rings. The lowest BCUT2D eigenvalue weighted by molar-refractivity contribution is -0.142. The van der Waals surface area contributed by atoms with Gasteiger partial charge in [0.1, 0.15) is 78.5 Å². The van der Waals surface area contributed by atoms with Crippen molar-refractivity contribution in [3.63, 3.8) is 0 Å². The Morgan fingerprint density at radius 1 is 0.368 bits per heavy atom. The lowest BCUT2D eigenvalue weighted by Crippen LogP contribution is -2.62. The molecule has 0 aliphatic heterocycles. The molecule has 0 aliphatic carbocycles. The van der Waals surface area contributed by atoms with E-state index in [1.807, 2.05) is 13.8 Å². The number of unbranched alkanes of at least 4 members (excludes halogenated alkanes) is 2. The molecular formula is C76H131N19O19. The smallest absolute Gasteiger partial charge is 0.305 e. The van der Waals surface area contributed by atoms with Gasteiger partial charge in [-0.05, 0) is 125 Å². The molecule has 0 heterocycles. The molecule has 0 aromatic heterocycles. The van der Waals surface area contributed by atoms with Crippen LogP contribution in [0.25, 0.3) is 0 Å². The second kappa shape index (κ2) is 53.2. The van der Waals surface area contributed by atoms with E-state index >= 15 is 0 Å². The van der Waals surface area contributed by atoms with Gasteiger partial charge in [-0.2, -0.15) is 0 Å². The Kier molecular flexibility index (Phi) is 47.6. The van der Waals surface area contributed by atoms with Crippen LogP contribution in [-0.2, 0) is 87.9 Å². The number of hydrogen-bond acceptors (Lipinski definition) is 21. The maximum Gasteiger partial charge on any atom is 0.305 e. The molecule has 25 N–H and O–H groups in total. The molecule has 16 amide bonds. The summed E-state index contributed by atoms with van der Waals surface area (Å²) in [6.07, 6.45) is 0.945. The molecule has 0 spiro atoms. The van der Waals surface area contributed by atoms with Gasteiger partial charge < -0.3 is 113 Å². The molecule has 114 heavy (non-hydrogen) atoms. The highest BCUT2D eigenvalue weighted by atomic mass is 16.4. The number of aliphatic hydroxyl groups excluding tert-OH is 1. The van der Waals surface area contributed by atoms with Crippen LogP contribution in [-0.4, -0.2) is 229 Å². The van der Waals surface area contributed by atoms with E-state index in [1.54, 1.807) is 113 Å². The van der Waals surface area contributed by atoms with E-state index < -0.39 is 235 Å². The molecule has 0 aliphatic rings. The number of carbonyl (C=O) groups excluding carboxylic acids is 16. The van der Waals surface area contributed by atoms with Crippen molar-refractivity contribution in [1.29, 1.82) is 0 Å². The molecule has 0 saturated carbocycles. The van der Waals surface area contributed by atoms with Crippen molar-refractivity contribution in [2.45, 2.75) is 259 Å². The Labute approximate surface area is 668 Å². The molecule has 14 atom stereocenters. The summed E-state index contributed by atoms with van der Waals surface area (Å²) in [6, 6.07) is -9.28. The molecule has 1 aromatic rings. The summed E-state index contributed by atoms with van der Waals surface area (Å²) in [4.78, 5) is 231. The number of carbonyl (C=O) groups is 17. The third kappa shape index (κ3) is 38.7. The van der Waals surface area contributed by atoms with E-state index in [9.17, 15) is 91.7 Å². The predicted molar refractivity (Wildman–Crippen MR) is 423 cm³/mol. The average molecular weight is 1610 g/mol. The van der Waals surface area contributed by atoms with E-state index in [2.05, 4.69) is 79.8 Å². The van der Waals surface area contributed by atoms with Crippen LogP contribution in [0, 0.1) is 41.4 Å². The number of nitrogens with two attached hydrogens (primary N) is 4. The second-order valence-electron chi connectivity index (χ2n) is 30.9.